The van der Waals surface area contributed by atoms with Crippen LogP contribution >= 0.6 is 50.2 Å². The van der Waals surface area contributed by atoms with Gasteiger partial charge >= 0.3 is 11.5 Å². The Hall–Kier alpha value is -3.17. The van der Waals surface area contributed by atoms with Crippen LogP contribution in [0.5, 0.6) is 0 Å². The maximum absolute atomic E-state index is 13.0. The predicted molar refractivity (Wildman–Crippen MR) is 225 cm³/mol. The average molecular weight is 924 g/mol. The third-order valence-corrected chi connectivity index (χ3v) is 12.1. The van der Waals surface area contributed by atoms with Crippen molar-refractivity contribution in [2.45, 2.75) is 109 Å². The Balaban J connectivity index is 0.000000331. The van der Waals surface area contributed by atoms with Crippen molar-refractivity contribution in [3.05, 3.63) is 57.7 Å². The Labute approximate surface area is 345 Å². The highest BCUT2D eigenvalue weighted by Gasteiger charge is 2.28. The SMILES string of the molecule is CC(C)(C)NS(=O)(=O)c1cc(N)ccc1-c1cnc(Br)s1.CC(C)OC(=O)Cl.Cc1ncc(-c2ccc(NC(=O)OC(C)C)cc2S(=O)(=O)NC(C)(C)C)s1. The molecule has 14 nitrogen and oxygen atoms in total. The number of benzene rings is 2. The number of nitrogens with zero attached hydrogens (tertiary/aromatic N) is 2. The molecule has 0 unspecified atom stereocenters. The van der Waals surface area contributed by atoms with Gasteiger partial charge in [-0.1, -0.05) is 12.1 Å². The number of rotatable bonds is 9. The number of carbonyl (C=O) groups excluding carboxylic acids is 2. The predicted octanol–water partition coefficient (Wildman–Crippen LogP) is 9.15. The number of ether oxygens (including phenoxy) is 2. The number of amides is 1. The lowest BCUT2D eigenvalue weighted by molar-refractivity contribution is 0.130. The highest BCUT2D eigenvalue weighted by atomic mass is 79.9. The second kappa shape index (κ2) is 19.8. The van der Waals surface area contributed by atoms with Crippen LogP contribution in [0.1, 0.15) is 74.2 Å². The summed E-state index contributed by atoms with van der Waals surface area (Å²) in [5.74, 6) is 0. The molecule has 0 aliphatic rings. The van der Waals surface area contributed by atoms with E-state index in [1.54, 1.807) is 106 Å². The first-order valence-corrected chi connectivity index (χ1v) is 22.4. The topological polar surface area (TPSA) is 209 Å². The van der Waals surface area contributed by atoms with Crippen molar-refractivity contribution in [1.82, 2.24) is 19.4 Å². The Morgan fingerprint density at radius 2 is 1.25 bits per heavy atom. The summed E-state index contributed by atoms with van der Waals surface area (Å²) >= 11 is 10.9. The molecule has 0 fully saturated rings. The molecule has 2 aromatic carbocycles. The summed E-state index contributed by atoms with van der Waals surface area (Å²) in [7, 11) is -7.51. The fourth-order valence-corrected chi connectivity index (χ4v) is 10.1. The van der Waals surface area contributed by atoms with Crippen molar-refractivity contribution in [1.29, 1.82) is 0 Å². The lowest BCUT2D eigenvalue weighted by Crippen LogP contribution is -2.40. The smallest absolute Gasteiger partial charge is 0.411 e. The van der Waals surface area contributed by atoms with Gasteiger partial charge in [-0.25, -0.2) is 45.8 Å². The van der Waals surface area contributed by atoms with Crippen molar-refractivity contribution in [2.75, 3.05) is 11.1 Å². The number of nitrogen functional groups attached to an aromatic ring is 1. The van der Waals surface area contributed by atoms with Crippen LogP contribution in [0.3, 0.4) is 0 Å². The Bertz CT molecular complexity index is 2160. The van der Waals surface area contributed by atoms with Gasteiger partial charge in [-0.2, -0.15) is 0 Å². The van der Waals surface area contributed by atoms with E-state index in [1.165, 1.54) is 34.8 Å². The van der Waals surface area contributed by atoms with Crippen LogP contribution in [0.15, 0.2) is 62.5 Å². The summed E-state index contributed by atoms with van der Waals surface area (Å²) in [5, 5.41) is 3.40. The summed E-state index contributed by atoms with van der Waals surface area (Å²) in [4.78, 5) is 31.7. The van der Waals surface area contributed by atoms with E-state index in [4.69, 9.17) is 22.1 Å². The van der Waals surface area contributed by atoms with Crippen LogP contribution in [0, 0.1) is 6.92 Å². The van der Waals surface area contributed by atoms with Crippen LogP contribution in [-0.4, -0.2) is 61.6 Å². The number of nitrogens with two attached hydrogens (primary N) is 1. The second-order valence-electron chi connectivity index (χ2n) is 14.4. The molecule has 4 aromatic rings. The minimum atomic E-state index is -3.83. The van der Waals surface area contributed by atoms with Crippen molar-refractivity contribution < 1.29 is 35.9 Å². The second-order valence-corrected chi connectivity index (χ2v) is 21.5. The zero-order valence-electron chi connectivity index (χ0n) is 32.4. The molecule has 0 bridgehead atoms. The number of nitrogens with one attached hydrogen (secondary N) is 3. The van der Waals surface area contributed by atoms with Gasteiger partial charge in [0.2, 0.25) is 20.0 Å². The lowest BCUT2D eigenvalue weighted by atomic mass is 10.1. The summed E-state index contributed by atoms with van der Waals surface area (Å²) in [6.45, 7) is 19.5. The van der Waals surface area contributed by atoms with Gasteiger partial charge in [-0.3, -0.25) is 5.32 Å². The number of aryl methyl sites for hydroxylation is 1. The van der Waals surface area contributed by atoms with E-state index in [9.17, 15) is 26.4 Å². The maximum Gasteiger partial charge on any atom is 0.411 e. The molecular weight excluding hydrogens is 876 g/mol. The van der Waals surface area contributed by atoms with Gasteiger partial charge in [0, 0.05) is 57.6 Å². The number of hydrogen-bond acceptors (Lipinski definition) is 13. The molecule has 0 saturated carbocycles. The highest BCUT2D eigenvalue weighted by Crippen LogP contribution is 2.36. The van der Waals surface area contributed by atoms with Crippen LogP contribution in [-0.2, 0) is 29.5 Å². The van der Waals surface area contributed by atoms with Gasteiger partial charge in [0.05, 0.1) is 36.8 Å². The minimum Gasteiger partial charge on any atom is -0.451 e. The van der Waals surface area contributed by atoms with Crippen molar-refractivity contribution in [2.24, 2.45) is 0 Å². The first kappa shape index (κ1) is 48.0. The average Bonchev–Trinajstić information content (AvgIpc) is 3.62. The summed E-state index contributed by atoms with van der Waals surface area (Å²) in [6.07, 6.45) is 2.25. The van der Waals surface area contributed by atoms with Crippen LogP contribution in [0.25, 0.3) is 20.9 Å². The number of thiazole rings is 2. The molecule has 304 valence electrons. The van der Waals surface area contributed by atoms with Gasteiger partial charge in [0.1, 0.15) is 0 Å². The number of anilines is 2. The van der Waals surface area contributed by atoms with E-state index >= 15 is 0 Å². The Morgan fingerprint density at radius 3 is 1.65 bits per heavy atom. The van der Waals surface area contributed by atoms with Crippen molar-refractivity contribution >= 4 is 93.1 Å². The van der Waals surface area contributed by atoms with E-state index in [1.807, 2.05) is 6.92 Å². The molecule has 2 aromatic heterocycles. The van der Waals surface area contributed by atoms with Gasteiger partial charge in [0.25, 0.3) is 0 Å². The molecule has 0 aliphatic heterocycles. The fraction of sp³-hybridized carbons (Fsp3) is 0.429. The van der Waals surface area contributed by atoms with Gasteiger partial charge in [0.15, 0.2) is 3.92 Å². The molecular formula is C35H48BrClN6O8S4. The standard InChI is InChI=1S/C18H25N3O4S2.C13H16BrN3O2S2.C4H7ClO2/c1-11(2)25-17(22)20-13-7-8-14(15-10-19-12(3)26-15)16(9-13)27(23,24)21-18(4,5)6;1-13(2,3)17-21(18,19)11-6-8(15)4-5-9(11)10-7-16-12(14)20-10;1-3(2)7-4(5)6/h7-11,21H,1-6H3,(H,20,22);4-7,17H,15H2,1-3H3;3H,1-2H3. The quantitative estimate of drug-likeness (QED) is 0.0919. The molecule has 55 heavy (non-hydrogen) atoms. The van der Waals surface area contributed by atoms with Gasteiger partial charge < -0.3 is 15.2 Å². The van der Waals surface area contributed by atoms with E-state index in [2.05, 4.69) is 45.4 Å². The van der Waals surface area contributed by atoms with Crippen LogP contribution in [0.4, 0.5) is 21.0 Å². The molecule has 0 spiro atoms. The van der Waals surface area contributed by atoms with E-state index in [-0.39, 0.29) is 22.0 Å². The van der Waals surface area contributed by atoms with E-state index in [0.29, 0.717) is 26.4 Å². The number of hydrogen-bond donors (Lipinski definition) is 4. The monoisotopic (exact) mass is 922 g/mol. The molecule has 0 radical (unpaired) electrons. The maximum atomic E-state index is 13.0. The zero-order valence-corrected chi connectivity index (χ0v) is 38.0. The summed E-state index contributed by atoms with van der Waals surface area (Å²) in [5.41, 5.74) is 5.64. The first-order valence-electron chi connectivity index (χ1n) is 16.6. The van der Waals surface area contributed by atoms with Crippen molar-refractivity contribution in [3.63, 3.8) is 0 Å². The molecule has 0 atom stereocenters. The van der Waals surface area contributed by atoms with Crippen LogP contribution in [0.2, 0.25) is 0 Å². The number of halogens is 2. The molecule has 1 amide bonds. The molecule has 5 N–H and O–H groups in total. The number of sulfonamides is 2. The minimum absolute atomic E-state index is 0.0726. The van der Waals surface area contributed by atoms with Gasteiger partial charge in [-0.15, -0.1) is 22.7 Å². The van der Waals surface area contributed by atoms with Crippen LogP contribution < -0.4 is 20.5 Å². The third-order valence-electron chi connectivity index (χ3n) is 5.99. The number of aromatic nitrogens is 2. The molecule has 2 heterocycles. The first-order chi connectivity index (χ1) is 25.1. The van der Waals surface area contributed by atoms with E-state index in [0.717, 1.165) is 14.8 Å². The Kier molecular flexibility index (Phi) is 17.3. The van der Waals surface area contributed by atoms with Crippen molar-refractivity contribution in [3.8, 4) is 20.9 Å². The molecule has 0 saturated heterocycles. The zero-order chi connectivity index (χ0) is 42.1. The number of carbonyl (C=O) groups is 2. The molecule has 20 heteroatoms. The third kappa shape index (κ3) is 16.8. The largest absolute Gasteiger partial charge is 0.451 e. The van der Waals surface area contributed by atoms with Gasteiger partial charge in [-0.05, 0) is 116 Å². The molecule has 4 rings (SSSR count). The highest BCUT2D eigenvalue weighted by molar-refractivity contribution is 9.11. The summed E-state index contributed by atoms with van der Waals surface area (Å²) in [6, 6.07) is 9.58. The summed E-state index contributed by atoms with van der Waals surface area (Å²) < 4.78 is 66.6. The van der Waals surface area contributed by atoms with E-state index < -0.39 is 42.6 Å². The lowest BCUT2D eigenvalue weighted by Gasteiger charge is -2.22. The normalized spacial score (nSPS) is 12.0. The Morgan fingerprint density at radius 1 is 0.782 bits per heavy atom. The fourth-order valence-electron chi connectivity index (χ4n) is 4.32. The molecule has 0 aliphatic carbocycles.